The molecule has 0 amide bonds. The summed E-state index contributed by atoms with van der Waals surface area (Å²) >= 11 is 1.87. The lowest BCUT2D eigenvalue weighted by Crippen LogP contribution is -2.48. The van der Waals surface area contributed by atoms with Crippen LogP contribution in [0.4, 0.5) is 0 Å². The summed E-state index contributed by atoms with van der Waals surface area (Å²) in [5.74, 6) is 0. The molecule has 1 atom stereocenters. The Morgan fingerprint density at radius 3 is 2.28 bits per heavy atom. The van der Waals surface area contributed by atoms with Crippen LogP contribution in [-0.4, -0.2) is 29.9 Å². The minimum Gasteiger partial charge on any atom is -0.427 e. The molecule has 1 radical (unpaired) electrons. The topological polar surface area (TPSA) is 64.7 Å². The normalized spacial score (nSPS) is 16.1. The van der Waals surface area contributed by atoms with E-state index in [4.69, 9.17) is 18.6 Å². The molecule has 0 spiro atoms. The zero-order chi connectivity index (χ0) is 14.4. The van der Waals surface area contributed by atoms with E-state index < -0.39 is 17.3 Å². The Labute approximate surface area is 125 Å². The number of hydrogen-bond donors (Lipinski definition) is 2. The van der Waals surface area contributed by atoms with Crippen LogP contribution in [0.2, 0.25) is 0 Å². The van der Waals surface area contributed by atoms with Crippen molar-refractivity contribution in [3.8, 4) is 0 Å². The number of allylic oxidation sites excluding steroid dienone is 2. The van der Waals surface area contributed by atoms with E-state index >= 15 is 0 Å². The van der Waals surface area contributed by atoms with Gasteiger partial charge in [0.05, 0.1) is 11.7 Å². The average Bonchev–Trinajstić information content (AvgIpc) is 2.28. The van der Waals surface area contributed by atoms with Crippen molar-refractivity contribution >= 4 is 30.5 Å². The van der Waals surface area contributed by atoms with Crippen LogP contribution in [0.3, 0.4) is 0 Å². The number of rotatable bonds is 7. The van der Waals surface area contributed by atoms with E-state index in [1.807, 2.05) is 50.7 Å². The molecular formula is C12H22BINO3. The predicted molar refractivity (Wildman–Crippen MR) is 83.2 cm³/mol. The van der Waals surface area contributed by atoms with E-state index in [9.17, 15) is 0 Å². The van der Waals surface area contributed by atoms with Crippen molar-refractivity contribution < 1.29 is 12.8 Å². The Morgan fingerprint density at radius 2 is 1.89 bits per heavy atom. The van der Waals surface area contributed by atoms with Gasteiger partial charge in [0.15, 0.2) is 0 Å². The molecule has 0 rings (SSSR count). The average molecular weight is 366 g/mol. The van der Waals surface area contributed by atoms with Gasteiger partial charge < -0.3 is 18.6 Å². The maximum Gasteiger partial charge on any atom is 0.332 e. The van der Waals surface area contributed by atoms with Gasteiger partial charge in [-0.1, -0.05) is 12.2 Å². The first kappa shape index (κ1) is 18.0. The number of aliphatic hydroxyl groups is 1. The quantitative estimate of drug-likeness (QED) is 0.412. The fourth-order valence-electron chi connectivity index (χ4n) is 0.835. The van der Waals surface area contributed by atoms with Gasteiger partial charge in [-0.2, -0.15) is 0 Å². The van der Waals surface area contributed by atoms with Crippen molar-refractivity contribution in [2.75, 3.05) is 0 Å². The van der Waals surface area contributed by atoms with Gasteiger partial charge in [0.25, 0.3) is 0 Å². The smallest absolute Gasteiger partial charge is 0.332 e. The predicted octanol–water partition coefficient (Wildman–Crippen LogP) is 2.28. The molecule has 0 fully saturated rings. The van der Waals surface area contributed by atoms with E-state index in [1.54, 1.807) is 26.6 Å². The van der Waals surface area contributed by atoms with Crippen LogP contribution in [0.5, 0.6) is 0 Å². The molecule has 3 N–H and O–H groups in total. The molecule has 0 aliphatic rings. The minimum absolute atomic E-state index is 0.447. The Kier molecular flexibility index (Phi) is 7.50. The lowest BCUT2D eigenvalue weighted by molar-refractivity contribution is -0.0484. The monoisotopic (exact) mass is 366 g/mol. The Hall–Kier alpha value is -0.0451. The van der Waals surface area contributed by atoms with Gasteiger partial charge in [-0.15, -0.1) is 0 Å². The van der Waals surface area contributed by atoms with Gasteiger partial charge in [-0.05, 0) is 46.3 Å². The van der Waals surface area contributed by atoms with E-state index in [0.717, 1.165) is 0 Å². The molecule has 0 saturated carbocycles. The summed E-state index contributed by atoms with van der Waals surface area (Å²) < 4.78 is 11.1. The standard InChI is InChI=1S/C12H22BINO3/c1-9(16)6-7-10(8-15)13-17-11(2,3)12(4,5)18-14/h6-9,16H,15H2,1-5H3/b7-6-,10-8+. The molecule has 0 aliphatic heterocycles. The molecule has 0 aromatic carbocycles. The van der Waals surface area contributed by atoms with Gasteiger partial charge in [-0.3, -0.25) is 0 Å². The molecule has 1 unspecified atom stereocenters. The van der Waals surface area contributed by atoms with Crippen LogP contribution in [-0.2, 0) is 7.72 Å². The molecule has 18 heavy (non-hydrogen) atoms. The van der Waals surface area contributed by atoms with Crippen molar-refractivity contribution in [1.29, 1.82) is 0 Å². The fourth-order valence-corrected chi connectivity index (χ4v) is 1.36. The summed E-state index contributed by atoms with van der Waals surface area (Å²) in [4.78, 5) is 0. The summed E-state index contributed by atoms with van der Waals surface area (Å²) in [6, 6.07) is 0. The summed E-state index contributed by atoms with van der Waals surface area (Å²) in [5.41, 5.74) is 5.22. The summed E-state index contributed by atoms with van der Waals surface area (Å²) in [6.07, 6.45) is 4.24. The van der Waals surface area contributed by atoms with Crippen molar-refractivity contribution in [2.24, 2.45) is 5.73 Å². The molecule has 0 aromatic rings. The van der Waals surface area contributed by atoms with Gasteiger partial charge in [0.1, 0.15) is 28.6 Å². The highest BCUT2D eigenvalue weighted by Gasteiger charge is 2.38. The zero-order valence-electron chi connectivity index (χ0n) is 11.6. The Bertz CT molecular complexity index is 314. The van der Waals surface area contributed by atoms with Crippen LogP contribution in [0, 0.1) is 0 Å². The third kappa shape index (κ3) is 5.73. The highest BCUT2D eigenvalue weighted by atomic mass is 127. The van der Waals surface area contributed by atoms with E-state index in [-0.39, 0.29) is 0 Å². The van der Waals surface area contributed by atoms with Crippen LogP contribution >= 0.6 is 23.0 Å². The maximum atomic E-state index is 9.16. The summed E-state index contributed by atoms with van der Waals surface area (Å²) in [7, 11) is 1.57. The number of nitrogens with two attached hydrogens (primary N) is 1. The molecule has 0 aliphatic carbocycles. The molecule has 103 valence electrons. The first-order valence-corrected chi connectivity index (χ1v) is 6.63. The van der Waals surface area contributed by atoms with Crippen LogP contribution < -0.4 is 5.73 Å². The fraction of sp³-hybridized carbons (Fsp3) is 0.667. The minimum atomic E-state index is -0.518. The van der Waals surface area contributed by atoms with Gasteiger partial charge in [-0.25, -0.2) is 0 Å². The van der Waals surface area contributed by atoms with Gasteiger partial charge in [0, 0.05) is 0 Å². The molecule has 0 saturated heterocycles. The molecule has 4 nitrogen and oxygen atoms in total. The van der Waals surface area contributed by atoms with E-state index in [2.05, 4.69) is 0 Å². The number of hydrogen-bond acceptors (Lipinski definition) is 4. The lowest BCUT2D eigenvalue weighted by Gasteiger charge is -2.39. The second-order valence-corrected chi connectivity index (χ2v) is 5.54. The lowest BCUT2D eigenvalue weighted by atomic mass is 9.82. The van der Waals surface area contributed by atoms with E-state index in [1.165, 1.54) is 6.20 Å². The Morgan fingerprint density at radius 1 is 1.33 bits per heavy atom. The molecule has 6 heteroatoms. The van der Waals surface area contributed by atoms with Gasteiger partial charge >= 0.3 is 7.48 Å². The largest absolute Gasteiger partial charge is 0.427 e. The second kappa shape index (κ2) is 7.52. The van der Waals surface area contributed by atoms with Crippen LogP contribution in [0.1, 0.15) is 34.6 Å². The number of halogens is 1. The first-order valence-electron chi connectivity index (χ1n) is 5.75. The van der Waals surface area contributed by atoms with Crippen molar-refractivity contribution in [3.63, 3.8) is 0 Å². The zero-order valence-corrected chi connectivity index (χ0v) is 13.8. The third-order valence-corrected chi connectivity index (χ3v) is 3.99. The Balaban J connectivity index is 4.56. The molecule has 0 aromatic heterocycles. The van der Waals surface area contributed by atoms with E-state index in [0.29, 0.717) is 5.47 Å². The number of aliphatic hydroxyl groups excluding tert-OH is 1. The summed E-state index contributed by atoms with van der Waals surface area (Å²) in [6.45, 7) is 9.45. The first-order chi connectivity index (χ1) is 8.16. The summed E-state index contributed by atoms with van der Waals surface area (Å²) in [5, 5.41) is 9.16. The van der Waals surface area contributed by atoms with Crippen LogP contribution in [0.15, 0.2) is 23.8 Å². The molecular weight excluding hydrogens is 344 g/mol. The maximum absolute atomic E-state index is 9.16. The third-order valence-electron chi connectivity index (χ3n) is 2.89. The highest BCUT2D eigenvalue weighted by molar-refractivity contribution is 14.1. The molecule has 0 bridgehead atoms. The SMILES string of the molecule is CC(O)/C=C\C([B]OC(C)(C)C(C)(C)OI)=C/N. The molecule has 0 heterocycles. The second-order valence-electron chi connectivity index (χ2n) is 5.10. The van der Waals surface area contributed by atoms with Gasteiger partial charge in [0.2, 0.25) is 0 Å². The van der Waals surface area contributed by atoms with Crippen molar-refractivity contribution in [3.05, 3.63) is 23.8 Å². The van der Waals surface area contributed by atoms with Crippen LogP contribution in [0.25, 0.3) is 0 Å². The highest BCUT2D eigenvalue weighted by Crippen LogP contribution is 2.30. The van der Waals surface area contributed by atoms with Crippen molar-refractivity contribution in [2.45, 2.75) is 51.9 Å². The van der Waals surface area contributed by atoms with Crippen molar-refractivity contribution in [1.82, 2.24) is 0 Å².